The summed E-state index contributed by atoms with van der Waals surface area (Å²) in [4.78, 5) is 24.5. The summed E-state index contributed by atoms with van der Waals surface area (Å²) < 4.78 is 0. The zero-order valence-corrected chi connectivity index (χ0v) is 16.0. The van der Waals surface area contributed by atoms with Crippen LogP contribution in [0.2, 0.25) is 0 Å². The van der Waals surface area contributed by atoms with E-state index >= 15 is 0 Å². The van der Waals surface area contributed by atoms with Gasteiger partial charge in [0.15, 0.2) is 5.78 Å². The monoisotopic (exact) mass is 394 g/mol. The lowest BCUT2D eigenvalue weighted by molar-refractivity contribution is -0.136. The Kier molecular flexibility index (Phi) is 4.08. The highest BCUT2D eigenvalue weighted by Crippen LogP contribution is 2.65. The quantitative estimate of drug-likeness (QED) is 0.724. The molecule has 0 aromatic carbocycles. The van der Waals surface area contributed by atoms with Gasteiger partial charge in [-0.1, -0.05) is 28.4 Å². The van der Waals surface area contributed by atoms with Crippen molar-refractivity contribution in [3.8, 4) is 0 Å². The topological polar surface area (TPSA) is 54.4 Å². The fraction of sp³-hybridized carbons (Fsp3) is 0.800. The number of halogens is 1. The van der Waals surface area contributed by atoms with Crippen LogP contribution >= 0.6 is 15.9 Å². The van der Waals surface area contributed by atoms with Crippen LogP contribution in [-0.2, 0) is 9.59 Å². The summed E-state index contributed by atoms with van der Waals surface area (Å²) in [5, 5.41) is 11.5. The van der Waals surface area contributed by atoms with Gasteiger partial charge in [0, 0.05) is 29.0 Å². The Morgan fingerprint density at radius 3 is 2.71 bits per heavy atom. The van der Waals surface area contributed by atoms with Crippen molar-refractivity contribution in [1.82, 2.24) is 0 Å². The molecular formula is C20H27BrO3. The minimum Gasteiger partial charge on any atom is -0.391 e. The molecule has 3 fully saturated rings. The van der Waals surface area contributed by atoms with Crippen LogP contribution in [0.5, 0.6) is 0 Å². The molecule has 0 bridgehead atoms. The van der Waals surface area contributed by atoms with Gasteiger partial charge in [-0.3, -0.25) is 9.59 Å². The molecule has 1 N–H and O–H groups in total. The predicted molar refractivity (Wildman–Crippen MR) is 95.8 cm³/mol. The Balaban J connectivity index is 1.76. The summed E-state index contributed by atoms with van der Waals surface area (Å²) in [5.74, 6) is 2.09. The van der Waals surface area contributed by atoms with Crippen molar-refractivity contribution in [2.24, 2.45) is 28.6 Å². The number of aliphatic hydroxyl groups excluding tert-OH is 1. The van der Waals surface area contributed by atoms with E-state index in [0.29, 0.717) is 35.3 Å². The summed E-state index contributed by atoms with van der Waals surface area (Å²) >= 11 is 3.50. The maximum atomic E-state index is 12.5. The van der Waals surface area contributed by atoms with E-state index in [1.54, 1.807) is 0 Å². The number of hydrogen-bond acceptors (Lipinski definition) is 3. The minimum absolute atomic E-state index is 0.132. The molecule has 0 unspecified atom stereocenters. The highest BCUT2D eigenvalue weighted by molar-refractivity contribution is 9.09. The summed E-state index contributed by atoms with van der Waals surface area (Å²) in [7, 11) is 0. The summed E-state index contributed by atoms with van der Waals surface area (Å²) in [5.41, 5.74) is 0.820. The van der Waals surface area contributed by atoms with E-state index in [1.807, 2.05) is 6.08 Å². The van der Waals surface area contributed by atoms with E-state index in [9.17, 15) is 14.7 Å². The standard InChI is InChI=1S/C20H27BrO3/c1-19-8-7-16-14(15(19)4-5-17(19)23)3-2-12-10-13(22)6-9-20(12,16)18(24)11-21/h10,14-16,18,24H,2-9,11H2,1H3/t14-,15-,16-,18-,19-,20+/m0/s1. The molecule has 0 spiro atoms. The highest BCUT2D eigenvalue weighted by atomic mass is 79.9. The van der Waals surface area contributed by atoms with Crippen molar-refractivity contribution in [3.63, 3.8) is 0 Å². The zero-order valence-electron chi connectivity index (χ0n) is 14.4. The molecule has 0 aliphatic heterocycles. The van der Waals surface area contributed by atoms with Gasteiger partial charge in [0.05, 0.1) is 6.10 Å². The van der Waals surface area contributed by atoms with Gasteiger partial charge >= 0.3 is 0 Å². The Morgan fingerprint density at radius 2 is 1.96 bits per heavy atom. The van der Waals surface area contributed by atoms with Crippen LogP contribution in [0.25, 0.3) is 0 Å². The van der Waals surface area contributed by atoms with Crippen LogP contribution in [0.1, 0.15) is 58.3 Å². The minimum atomic E-state index is -0.439. The van der Waals surface area contributed by atoms with Crippen molar-refractivity contribution in [2.75, 3.05) is 5.33 Å². The first-order valence-electron chi connectivity index (χ1n) is 9.44. The molecule has 3 nitrogen and oxygen atoms in total. The summed E-state index contributed by atoms with van der Waals surface area (Å²) in [6.07, 6.45) is 8.46. The average molecular weight is 395 g/mol. The number of carbonyl (C=O) groups excluding carboxylic acids is 2. The SMILES string of the molecule is C[C@]12CC[C@H]3[C@@H](CCC4=CC(=O)CC[C@@]43[C@@H](O)CBr)[C@@H]1CCC2=O. The number of hydrogen-bond donors (Lipinski definition) is 1. The van der Waals surface area contributed by atoms with Crippen LogP contribution in [0, 0.1) is 28.6 Å². The van der Waals surface area contributed by atoms with E-state index in [4.69, 9.17) is 0 Å². The van der Waals surface area contributed by atoms with Gasteiger partial charge in [0.2, 0.25) is 0 Å². The fourth-order valence-corrected chi connectivity index (χ4v) is 7.39. The van der Waals surface area contributed by atoms with E-state index in [0.717, 1.165) is 44.9 Å². The molecule has 3 saturated carbocycles. The lowest BCUT2D eigenvalue weighted by Crippen LogP contribution is -2.56. The second-order valence-electron chi connectivity index (χ2n) is 8.68. The number of ketones is 2. The third kappa shape index (κ3) is 2.11. The summed E-state index contributed by atoms with van der Waals surface area (Å²) in [6.45, 7) is 2.19. The third-order valence-corrected chi connectivity index (χ3v) is 8.63. The van der Waals surface area contributed by atoms with Crippen molar-refractivity contribution < 1.29 is 14.7 Å². The Labute approximate surface area is 152 Å². The zero-order chi connectivity index (χ0) is 17.1. The number of Topliss-reactive ketones (excluding diaryl/α,β-unsaturated/α-hetero) is 1. The smallest absolute Gasteiger partial charge is 0.155 e. The molecule has 4 aliphatic carbocycles. The van der Waals surface area contributed by atoms with E-state index in [1.165, 1.54) is 5.57 Å². The largest absolute Gasteiger partial charge is 0.391 e. The van der Waals surface area contributed by atoms with Gasteiger partial charge in [-0.05, 0) is 62.4 Å². The molecule has 0 saturated heterocycles. The van der Waals surface area contributed by atoms with Crippen molar-refractivity contribution >= 4 is 27.5 Å². The Morgan fingerprint density at radius 1 is 1.17 bits per heavy atom. The molecule has 0 aromatic rings. The molecule has 0 aromatic heterocycles. The summed E-state index contributed by atoms with van der Waals surface area (Å²) in [6, 6.07) is 0. The van der Waals surface area contributed by atoms with Crippen molar-refractivity contribution in [2.45, 2.75) is 64.4 Å². The predicted octanol–water partition coefficient (Wildman–Crippen LogP) is 3.82. The first-order chi connectivity index (χ1) is 11.4. The third-order valence-electron chi connectivity index (χ3n) is 8.01. The molecule has 4 aliphatic rings. The van der Waals surface area contributed by atoms with Gasteiger partial charge in [0.25, 0.3) is 0 Å². The van der Waals surface area contributed by atoms with Gasteiger partial charge in [0.1, 0.15) is 5.78 Å². The first-order valence-corrected chi connectivity index (χ1v) is 10.6. The van der Waals surface area contributed by atoms with Crippen LogP contribution in [0.15, 0.2) is 11.6 Å². The van der Waals surface area contributed by atoms with Crippen LogP contribution < -0.4 is 0 Å². The highest BCUT2D eigenvalue weighted by Gasteiger charge is 2.61. The van der Waals surface area contributed by atoms with E-state index < -0.39 is 6.10 Å². The normalized spacial score (nSPS) is 46.0. The molecule has 6 atom stereocenters. The molecule has 0 heterocycles. The lowest BCUT2D eigenvalue weighted by atomic mass is 9.46. The molecule has 4 rings (SSSR count). The maximum Gasteiger partial charge on any atom is 0.155 e. The number of rotatable bonds is 2. The van der Waals surface area contributed by atoms with Gasteiger partial charge in [-0.25, -0.2) is 0 Å². The van der Waals surface area contributed by atoms with Gasteiger partial charge < -0.3 is 5.11 Å². The maximum absolute atomic E-state index is 12.5. The van der Waals surface area contributed by atoms with Gasteiger partial charge in [-0.2, -0.15) is 0 Å². The second kappa shape index (κ2) is 5.77. The molecular weight excluding hydrogens is 368 g/mol. The van der Waals surface area contributed by atoms with Crippen molar-refractivity contribution in [3.05, 3.63) is 11.6 Å². The average Bonchev–Trinajstić information content (AvgIpc) is 2.89. The fourth-order valence-electron chi connectivity index (χ4n) is 6.81. The number of aliphatic hydroxyl groups is 1. The molecule has 4 heteroatoms. The van der Waals surface area contributed by atoms with Gasteiger partial charge in [-0.15, -0.1) is 0 Å². The van der Waals surface area contributed by atoms with Crippen LogP contribution in [0.3, 0.4) is 0 Å². The first kappa shape index (κ1) is 17.0. The van der Waals surface area contributed by atoms with Crippen molar-refractivity contribution in [1.29, 1.82) is 0 Å². The molecule has 24 heavy (non-hydrogen) atoms. The van der Waals surface area contributed by atoms with E-state index in [2.05, 4.69) is 22.9 Å². The number of alkyl halides is 1. The van der Waals surface area contributed by atoms with E-state index in [-0.39, 0.29) is 16.6 Å². The second-order valence-corrected chi connectivity index (χ2v) is 9.33. The Hall–Kier alpha value is -0.480. The van der Waals surface area contributed by atoms with Crippen LogP contribution in [0.4, 0.5) is 0 Å². The lowest BCUT2D eigenvalue weighted by Gasteiger charge is -2.59. The number of carbonyl (C=O) groups is 2. The number of fused-ring (bicyclic) bond motifs is 5. The Bertz CT molecular complexity index is 612. The molecule has 0 radical (unpaired) electrons. The molecule has 0 amide bonds. The molecule has 132 valence electrons. The van der Waals surface area contributed by atoms with Crippen LogP contribution in [-0.4, -0.2) is 28.1 Å².